The van der Waals surface area contributed by atoms with Gasteiger partial charge >= 0.3 is 0 Å². The first-order chi connectivity index (χ1) is 61.5. The molecule has 4 amide bonds. The van der Waals surface area contributed by atoms with Crippen molar-refractivity contribution in [2.45, 2.75) is 84.6 Å². The van der Waals surface area contributed by atoms with E-state index in [0.717, 1.165) is 168 Å². The Kier molecular flexibility index (Phi) is 26.7. The number of carbonyl (C=O) groups is 4. The van der Waals surface area contributed by atoms with Gasteiger partial charge in [0.05, 0.1) is 168 Å². The molecule has 127 heavy (non-hydrogen) atoms. The second-order valence-electron chi connectivity index (χ2n) is 33.2. The van der Waals surface area contributed by atoms with Crippen molar-refractivity contribution in [3.05, 3.63) is 286 Å². The number of anilines is 7. The van der Waals surface area contributed by atoms with E-state index in [-0.39, 0.29) is 66.8 Å². The molecule has 28 nitrogen and oxygen atoms in total. The molecule has 7 aliphatic rings. The first-order valence-corrected chi connectivity index (χ1v) is 42.5. The van der Waals surface area contributed by atoms with Crippen molar-refractivity contribution in [2.75, 3.05) is 144 Å². The fraction of sp³-hybridized carbons (Fsp3) is 0.302. The van der Waals surface area contributed by atoms with Crippen molar-refractivity contribution in [1.29, 1.82) is 0 Å². The fourth-order valence-corrected chi connectivity index (χ4v) is 16.3. The third-order valence-corrected chi connectivity index (χ3v) is 23.8. The Balaban J connectivity index is 0.000000125. The van der Waals surface area contributed by atoms with Gasteiger partial charge in [0.1, 0.15) is 23.3 Å². The highest BCUT2D eigenvalue weighted by Gasteiger charge is 2.32. The molecule has 9 aromatic heterocycles. The topological polar surface area (TPSA) is 330 Å². The van der Waals surface area contributed by atoms with E-state index in [0.29, 0.717) is 128 Å². The molecule has 0 radical (unpaired) electrons. The van der Waals surface area contributed by atoms with Crippen molar-refractivity contribution >= 4 is 63.6 Å². The number of nitrogens with zero attached hydrogens (tertiary/aromatic N) is 19. The second-order valence-corrected chi connectivity index (χ2v) is 33.2. The molecule has 8 N–H and O–H groups in total. The minimum Gasteiger partial charge on any atom is -0.397 e. The molecule has 3 saturated heterocycles. The number of fused-ring (bicyclic) bond motifs is 4. The van der Waals surface area contributed by atoms with Crippen LogP contribution in [0.25, 0.3) is 45.0 Å². The lowest BCUT2D eigenvalue weighted by molar-refractivity contribution is -0.131. The molecule has 31 heteroatoms. The number of rotatable bonds is 17. The van der Waals surface area contributed by atoms with Gasteiger partial charge in [0.15, 0.2) is 0 Å². The average molecular weight is 1720 g/mol. The summed E-state index contributed by atoms with van der Waals surface area (Å²) in [5, 5.41) is 0. The van der Waals surface area contributed by atoms with Crippen LogP contribution in [0.3, 0.4) is 0 Å². The predicted molar refractivity (Wildman–Crippen MR) is 483 cm³/mol. The lowest BCUT2D eigenvalue weighted by Crippen LogP contribution is -2.44. The van der Waals surface area contributed by atoms with Crippen LogP contribution in [0.15, 0.2) is 195 Å². The summed E-state index contributed by atoms with van der Waals surface area (Å²) in [6, 6.07) is 44.9. The van der Waals surface area contributed by atoms with E-state index in [9.17, 15) is 32.3 Å². The van der Waals surface area contributed by atoms with Gasteiger partial charge in [0.2, 0.25) is 23.6 Å². The maximum absolute atomic E-state index is 13.2. The summed E-state index contributed by atoms with van der Waals surface area (Å²) in [7, 11) is 8.33. The van der Waals surface area contributed by atoms with Crippen molar-refractivity contribution in [3.63, 3.8) is 0 Å². The highest BCUT2D eigenvalue weighted by molar-refractivity contribution is 5.84. The predicted octanol–water partition coefficient (Wildman–Crippen LogP) is 10.5. The largest absolute Gasteiger partial charge is 0.397 e. The van der Waals surface area contributed by atoms with Crippen LogP contribution in [-0.4, -0.2) is 210 Å². The number of nitrogen functional groups attached to an aromatic ring is 4. The second kappa shape index (κ2) is 39.1. The zero-order valence-corrected chi connectivity index (χ0v) is 71.6. The molecule has 652 valence electrons. The number of carbonyl (C=O) groups excluding carboxylic acids is 4. The molecule has 16 heterocycles. The summed E-state index contributed by atoms with van der Waals surface area (Å²) < 4.78 is 45.2. The number of piperazine rings is 2. The van der Waals surface area contributed by atoms with E-state index in [4.69, 9.17) is 27.7 Å². The number of hydrogen-bond donors (Lipinski definition) is 4. The first kappa shape index (κ1) is 86.6. The van der Waals surface area contributed by atoms with E-state index in [1.807, 2.05) is 66.9 Å². The van der Waals surface area contributed by atoms with Gasteiger partial charge in [-0.15, -0.1) is 0 Å². The molecule has 0 atom stereocenters. The average Bonchev–Trinajstić information content (AvgIpc) is 1.65. The van der Waals surface area contributed by atoms with Gasteiger partial charge in [0, 0.05) is 152 Å². The van der Waals surface area contributed by atoms with Gasteiger partial charge in [-0.3, -0.25) is 59.0 Å². The van der Waals surface area contributed by atoms with Crippen molar-refractivity contribution < 1.29 is 37.1 Å². The normalized spacial score (nSPS) is 15.3. The number of aromatic nitrogens is 9. The SMILES string of the molecule is CN(C)Cc1cnc2c(c1)CN(C(=O)Cc1nc(-c3cccnc3)ccc1N)C2.CN1CCN(c2cc3c(cn2)CN(C(=O)Cc2nc(-c4ccc(F)cc4)ccc2N)C3)CC1.CN1CCN(c2cnc3c(c2)CN(C(=O)Cc2nc(-c4ccc(F)cc4)ccc2N)C3)CC1.Nc1ccc(-c2ccc(F)cc2)nc1CC(=O)N1Cc2cc(N3CCOCC3)cnc2C1. The van der Waals surface area contributed by atoms with E-state index in [2.05, 4.69) is 113 Å². The maximum Gasteiger partial charge on any atom is 0.229 e. The Hall–Kier alpha value is -13.9. The van der Waals surface area contributed by atoms with Gasteiger partial charge in [-0.1, -0.05) is 0 Å². The minimum absolute atomic E-state index is 0.000281. The molecular weight excluding hydrogens is 1610 g/mol. The highest BCUT2D eigenvalue weighted by atomic mass is 19.1. The maximum atomic E-state index is 13.2. The van der Waals surface area contributed by atoms with E-state index in [1.165, 1.54) is 36.4 Å². The van der Waals surface area contributed by atoms with Gasteiger partial charge in [0.25, 0.3) is 0 Å². The number of benzene rings is 3. The molecule has 3 aromatic carbocycles. The molecule has 7 aliphatic heterocycles. The lowest BCUT2D eigenvalue weighted by atomic mass is 10.1. The van der Waals surface area contributed by atoms with Gasteiger partial charge in [-0.05, 0) is 219 Å². The Morgan fingerprint density at radius 1 is 0.370 bits per heavy atom. The van der Waals surface area contributed by atoms with E-state index < -0.39 is 0 Å². The Bertz CT molecular complexity index is 5790. The van der Waals surface area contributed by atoms with Crippen LogP contribution in [0, 0.1) is 17.5 Å². The molecule has 0 saturated carbocycles. The van der Waals surface area contributed by atoms with Gasteiger partial charge in [-0.2, -0.15) is 0 Å². The fourth-order valence-electron chi connectivity index (χ4n) is 16.3. The summed E-state index contributed by atoms with van der Waals surface area (Å²) in [5.74, 6) is -0.0443. The Morgan fingerprint density at radius 3 is 1.13 bits per heavy atom. The highest BCUT2D eigenvalue weighted by Crippen LogP contribution is 2.34. The Morgan fingerprint density at radius 2 is 0.732 bits per heavy atom. The van der Waals surface area contributed by atoms with Crippen LogP contribution in [0.4, 0.5) is 53.1 Å². The number of ether oxygens (including phenoxy) is 1. The number of morpholine rings is 1. The monoisotopic (exact) mass is 1710 g/mol. The van der Waals surface area contributed by atoms with Crippen molar-refractivity contribution in [2.24, 2.45) is 0 Å². The van der Waals surface area contributed by atoms with Crippen LogP contribution in [0.1, 0.15) is 73.2 Å². The van der Waals surface area contributed by atoms with Crippen LogP contribution in [0.5, 0.6) is 0 Å². The number of amides is 4. The zero-order valence-electron chi connectivity index (χ0n) is 71.6. The zero-order chi connectivity index (χ0) is 88.4. The summed E-state index contributed by atoms with van der Waals surface area (Å²) in [6.45, 7) is 16.2. The molecule has 0 aliphatic carbocycles. The van der Waals surface area contributed by atoms with Crippen molar-refractivity contribution in [1.82, 2.24) is 79.2 Å². The minimum atomic E-state index is -0.307. The molecule has 19 rings (SSSR count). The standard InChI is InChI=1S/2C25H27FN6O.C24H24FN5O2.C22H24N6O/c1-30-8-10-31(11-9-30)24-12-18-15-32(16-19(18)14-28-24)25(33)13-23-21(27)6-7-22(29-23)17-2-4-20(26)5-3-17;1-30-8-10-31(11-9-30)20-12-18-15-32(16-24(18)28-14-20)25(33)13-23-21(27)6-7-22(29-23)17-2-4-19(26)5-3-17;25-18-3-1-16(2-4-18)21-6-5-20(26)22(28-21)12-24(31)30-14-17-11-19(13-27-23(17)15-30)29-7-9-32-10-8-29;1-27(2)12-15-8-17-13-28(14-21(17)25-10-15)22(29)9-20-18(23)5-6-19(26-20)16-4-3-7-24-11-16/h2*2-7,12,14H,8-11,13,15-16,27H2,1H3;1-6,11,13H,7-10,12,14-15,26H2;3-8,10-11H,9,12-14,23H2,1-2H3. The van der Waals surface area contributed by atoms with E-state index >= 15 is 0 Å². The van der Waals surface area contributed by atoms with Crippen LogP contribution < -0.4 is 37.6 Å². The number of pyridine rings is 9. The number of halogens is 3. The number of nitrogens with two attached hydrogens (primary N) is 4. The summed E-state index contributed by atoms with van der Waals surface area (Å²) in [6.07, 6.45) is 11.6. The first-order valence-electron chi connectivity index (χ1n) is 42.5. The molecule has 0 bridgehead atoms. The number of likely N-dealkylation sites (N-methyl/N-ethyl adjacent to an activating group) is 2. The third-order valence-electron chi connectivity index (χ3n) is 23.8. The smallest absolute Gasteiger partial charge is 0.229 e. The molecule has 0 spiro atoms. The summed E-state index contributed by atoms with van der Waals surface area (Å²) in [5.41, 5.74) is 46.2. The molecule has 0 unspecified atom stereocenters. The van der Waals surface area contributed by atoms with Crippen LogP contribution in [0.2, 0.25) is 0 Å². The molecular formula is C96H102F3N23O5. The van der Waals surface area contributed by atoms with Gasteiger partial charge in [-0.25, -0.2) is 18.2 Å². The van der Waals surface area contributed by atoms with Gasteiger partial charge < -0.3 is 76.7 Å². The Labute approximate surface area is 735 Å². The van der Waals surface area contributed by atoms with Crippen molar-refractivity contribution in [3.8, 4) is 45.0 Å². The third kappa shape index (κ3) is 21.4. The molecule has 12 aromatic rings. The van der Waals surface area contributed by atoms with E-state index in [1.54, 1.807) is 101 Å². The van der Waals surface area contributed by atoms with Crippen LogP contribution >= 0.6 is 0 Å². The molecule has 3 fully saturated rings. The summed E-state index contributed by atoms with van der Waals surface area (Å²) >= 11 is 0. The lowest BCUT2D eigenvalue weighted by Gasteiger charge is -2.34. The summed E-state index contributed by atoms with van der Waals surface area (Å²) in [4.78, 5) is 114. The van der Waals surface area contributed by atoms with Crippen LogP contribution in [-0.2, 0) is 109 Å². The quantitative estimate of drug-likeness (QED) is 0.0658. The number of hydrogen-bond acceptors (Lipinski definition) is 24.